The third-order valence-electron chi connectivity index (χ3n) is 4.64. The first-order chi connectivity index (χ1) is 13.6. The standard InChI is InChI=1S/C22H27N3O3/c1-17-7-6-10-20(15-17)28-16-21(26)24-23-18(2)22(19-8-4-3-5-9-19)25-11-13-27-14-12-25/h3-10,15,22H,11-14,16H2,1-2H3,(H,24,26)/b23-18-/t22-/m1/s1. The molecule has 0 unspecified atom stereocenters. The van der Waals surface area contributed by atoms with Gasteiger partial charge < -0.3 is 9.47 Å². The minimum absolute atomic E-state index is 0.00286. The van der Waals surface area contributed by atoms with Crippen molar-refractivity contribution in [3.05, 3.63) is 65.7 Å². The van der Waals surface area contributed by atoms with E-state index in [2.05, 4.69) is 27.6 Å². The van der Waals surface area contributed by atoms with Crippen LogP contribution in [0.1, 0.15) is 24.1 Å². The number of benzene rings is 2. The van der Waals surface area contributed by atoms with Crippen molar-refractivity contribution in [2.24, 2.45) is 5.10 Å². The summed E-state index contributed by atoms with van der Waals surface area (Å²) in [6.07, 6.45) is 0. The number of carbonyl (C=O) groups excluding carboxylic acids is 1. The molecule has 1 heterocycles. The molecule has 0 aromatic heterocycles. The Kier molecular flexibility index (Phi) is 7.17. The van der Waals surface area contributed by atoms with Gasteiger partial charge in [-0.15, -0.1) is 0 Å². The fourth-order valence-electron chi connectivity index (χ4n) is 3.29. The molecule has 148 valence electrons. The average molecular weight is 381 g/mol. The van der Waals surface area contributed by atoms with Crippen molar-refractivity contribution in [3.8, 4) is 5.75 Å². The van der Waals surface area contributed by atoms with E-state index >= 15 is 0 Å². The number of rotatable bonds is 7. The van der Waals surface area contributed by atoms with Gasteiger partial charge in [-0.25, -0.2) is 5.43 Å². The zero-order valence-electron chi connectivity index (χ0n) is 16.4. The highest BCUT2D eigenvalue weighted by atomic mass is 16.5. The number of carbonyl (C=O) groups is 1. The van der Waals surface area contributed by atoms with Crippen LogP contribution in [0, 0.1) is 6.92 Å². The quantitative estimate of drug-likeness (QED) is 0.592. The van der Waals surface area contributed by atoms with E-state index in [1.165, 1.54) is 0 Å². The SMILES string of the molecule is C/C(=N/NC(=O)COc1cccc(C)c1)[C@H](c1ccccc1)N1CCOCC1. The lowest BCUT2D eigenvalue weighted by molar-refractivity contribution is -0.123. The van der Waals surface area contributed by atoms with Crippen LogP contribution in [0.3, 0.4) is 0 Å². The predicted molar refractivity (Wildman–Crippen MR) is 110 cm³/mol. The van der Waals surface area contributed by atoms with Gasteiger partial charge in [0.15, 0.2) is 6.61 Å². The maximum absolute atomic E-state index is 12.2. The van der Waals surface area contributed by atoms with Gasteiger partial charge in [0.2, 0.25) is 0 Å². The molecule has 1 fully saturated rings. The van der Waals surface area contributed by atoms with E-state index in [4.69, 9.17) is 9.47 Å². The summed E-state index contributed by atoms with van der Waals surface area (Å²) in [6, 6.07) is 17.8. The summed E-state index contributed by atoms with van der Waals surface area (Å²) >= 11 is 0. The van der Waals surface area contributed by atoms with Gasteiger partial charge in [0, 0.05) is 13.1 Å². The highest BCUT2D eigenvalue weighted by molar-refractivity contribution is 5.90. The van der Waals surface area contributed by atoms with Crippen molar-refractivity contribution in [3.63, 3.8) is 0 Å². The maximum Gasteiger partial charge on any atom is 0.277 e. The summed E-state index contributed by atoms with van der Waals surface area (Å²) in [6.45, 7) is 6.91. The fourth-order valence-corrected chi connectivity index (χ4v) is 3.29. The zero-order chi connectivity index (χ0) is 19.8. The Morgan fingerprint density at radius 2 is 1.93 bits per heavy atom. The Hall–Kier alpha value is -2.70. The second-order valence-electron chi connectivity index (χ2n) is 6.85. The van der Waals surface area contributed by atoms with Crippen LogP contribution in [0.25, 0.3) is 0 Å². The summed E-state index contributed by atoms with van der Waals surface area (Å²) < 4.78 is 11.0. The van der Waals surface area contributed by atoms with Crippen LogP contribution in [0.5, 0.6) is 5.75 Å². The highest BCUT2D eigenvalue weighted by Crippen LogP contribution is 2.23. The van der Waals surface area contributed by atoms with Crippen molar-refractivity contribution in [2.45, 2.75) is 19.9 Å². The molecule has 2 aromatic rings. The molecule has 0 saturated carbocycles. The fraction of sp³-hybridized carbons (Fsp3) is 0.364. The predicted octanol–water partition coefficient (Wildman–Crippen LogP) is 2.94. The summed E-state index contributed by atoms with van der Waals surface area (Å²) in [5, 5.41) is 4.36. The van der Waals surface area contributed by atoms with E-state index in [9.17, 15) is 4.79 Å². The summed E-state index contributed by atoms with van der Waals surface area (Å²) in [4.78, 5) is 14.5. The Bertz CT molecular complexity index is 802. The average Bonchev–Trinajstić information content (AvgIpc) is 2.72. The number of hydrogen-bond donors (Lipinski definition) is 1. The summed E-state index contributed by atoms with van der Waals surface area (Å²) in [7, 11) is 0. The first-order valence-corrected chi connectivity index (χ1v) is 9.53. The first-order valence-electron chi connectivity index (χ1n) is 9.53. The summed E-state index contributed by atoms with van der Waals surface area (Å²) in [5.74, 6) is 0.390. The number of morpholine rings is 1. The Balaban J connectivity index is 1.63. The maximum atomic E-state index is 12.2. The van der Waals surface area contributed by atoms with E-state index in [1.807, 2.05) is 56.3 Å². The number of aryl methyl sites for hydroxylation is 1. The van der Waals surface area contributed by atoms with E-state index < -0.39 is 0 Å². The molecular formula is C22H27N3O3. The van der Waals surface area contributed by atoms with Crippen LogP contribution in [0.2, 0.25) is 0 Å². The second kappa shape index (κ2) is 10.0. The molecule has 1 amide bonds. The molecule has 6 nitrogen and oxygen atoms in total. The minimum atomic E-state index is -0.283. The van der Waals surface area contributed by atoms with E-state index in [0.29, 0.717) is 19.0 Å². The van der Waals surface area contributed by atoms with Gasteiger partial charge in [-0.05, 0) is 37.1 Å². The van der Waals surface area contributed by atoms with Gasteiger partial charge in [-0.2, -0.15) is 5.10 Å². The van der Waals surface area contributed by atoms with Crippen molar-refractivity contribution in [2.75, 3.05) is 32.9 Å². The van der Waals surface area contributed by atoms with Crippen molar-refractivity contribution in [1.82, 2.24) is 10.3 Å². The van der Waals surface area contributed by atoms with Crippen LogP contribution < -0.4 is 10.2 Å². The van der Waals surface area contributed by atoms with Gasteiger partial charge >= 0.3 is 0 Å². The normalized spacial score (nSPS) is 16.4. The molecule has 0 aliphatic carbocycles. The van der Waals surface area contributed by atoms with Crippen molar-refractivity contribution >= 4 is 11.6 Å². The van der Waals surface area contributed by atoms with Gasteiger partial charge in [0.25, 0.3) is 5.91 Å². The third kappa shape index (κ3) is 5.65. The third-order valence-corrected chi connectivity index (χ3v) is 4.64. The lowest BCUT2D eigenvalue weighted by atomic mass is 10.0. The smallest absolute Gasteiger partial charge is 0.277 e. The lowest BCUT2D eigenvalue weighted by Gasteiger charge is -2.34. The number of nitrogens with one attached hydrogen (secondary N) is 1. The van der Waals surface area contributed by atoms with Crippen LogP contribution >= 0.6 is 0 Å². The number of ether oxygens (including phenoxy) is 2. The summed E-state index contributed by atoms with van der Waals surface area (Å²) in [5.41, 5.74) is 5.69. The van der Waals surface area contributed by atoms with E-state index in [1.54, 1.807) is 0 Å². The number of hydrogen-bond acceptors (Lipinski definition) is 5. The highest BCUT2D eigenvalue weighted by Gasteiger charge is 2.25. The molecular weight excluding hydrogens is 354 g/mol. The molecule has 28 heavy (non-hydrogen) atoms. The largest absolute Gasteiger partial charge is 0.484 e. The molecule has 2 aromatic carbocycles. The van der Waals surface area contributed by atoms with Crippen LogP contribution in [-0.4, -0.2) is 49.4 Å². The van der Waals surface area contributed by atoms with Gasteiger partial charge in [-0.1, -0.05) is 42.5 Å². The van der Waals surface area contributed by atoms with Gasteiger partial charge in [-0.3, -0.25) is 9.69 Å². The molecule has 3 rings (SSSR count). The second-order valence-corrected chi connectivity index (χ2v) is 6.85. The number of hydrazone groups is 1. The lowest BCUT2D eigenvalue weighted by Crippen LogP contribution is -2.42. The van der Waals surface area contributed by atoms with E-state index in [0.717, 1.165) is 29.9 Å². The molecule has 1 atom stereocenters. The topological polar surface area (TPSA) is 63.2 Å². The number of amides is 1. The molecule has 1 aliphatic rings. The Morgan fingerprint density at radius 3 is 2.64 bits per heavy atom. The van der Waals surface area contributed by atoms with Gasteiger partial charge in [0.1, 0.15) is 5.75 Å². The van der Waals surface area contributed by atoms with Crippen molar-refractivity contribution in [1.29, 1.82) is 0 Å². The van der Waals surface area contributed by atoms with E-state index in [-0.39, 0.29) is 18.6 Å². The zero-order valence-corrected chi connectivity index (χ0v) is 16.4. The monoisotopic (exact) mass is 381 g/mol. The van der Waals surface area contributed by atoms with Crippen molar-refractivity contribution < 1.29 is 14.3 Å². The molecule has 1 aliphatic heterocycles. The van der Waals surface area contributed by atoms with Crippen LogP contribution in [0.4, 0.5) is 0 Å². The van der Waals surface area contributed by atoms with Crippen LogP contribution in [0.15, 0.2) is 59.7 Å². The van der Waals surface area contributed by atoms with Gasteiger partial charge in [0.05, 0.1) is 25.0 Å². The molecule has 1 saturated heterocycles. The Labute approximate surface area is 166 Å². The molecule has 1 N–H and O–H groups in total. The Morgan fingerprint density at radius 1 is 1.18 bits per heavy atom. The first kappa shape index (κ1) is 20.0. The number of nitrogens with zero attached hydrogens (tertiary/aromatic N) is 2. The molecule has 0 spiro atoms. The molecule has 6 heteroatoms. The molecule has 0 radical (unpaired) electrons. The minimum Gasteiger partial charge on any atom is -0.484 e. The molecule has 0 bridgehead atoms. The van der Waals surface area contributed by atoms with Crippen LogP contribution in [-0.2, 0) is 9.53 Å².